The Morgan fingerprint density at radius 2 is 1.88 bits per heavy atom. The van der Waals surface area contributed by atoms with Crippen LogP contribution in [0.15, 0.2) is 24.4 Å². The van der Waals surface area contributed by atoms with Gasteiger partial charge in [0.15, 0.2) is 5.82 Å². The van der Waals surface area contributed by atoms with E-state index < -0.39 is 0 Å². The van der Waals surface area contributed by atoms with Crippen LogP contribution in [0.4, 0.5) is 5.82 Å². The van der Waals surface area contributed by atoms with E-state index in [1.807, 2.05) is 30.0 Å². The zero-order chi connectivity index (χ0) is 22.8. The monoisotopic (exact) mass is 447 g/mol. The minimum atomic E-state index is -0.106. The summed E-state index contributed by atoms with van der Waals surface area (Å²) in [5, 5.41) is 0. The third-order valence-corrected chi connectivity index (χ3v) is 7.46. The molecule has 5 rings (SSSR count). The Kier molecular flexibility index (Phi) is 6.38. The van der Waals surface area contributed by atoms with Crippen LogP contribution in [0.3, 0.4) is 0 Å². The summed E-state index contributed by atoms with van der Waals surface area (Å²) < 4.78 is 0. The number of nitrogens with zero attached hydrogens (tertiary/aromatic N) is 5. The Bertz CT molecular complexity index is 1020. The molecule has 3 aliphatic rings. The summed E-state index contributed by atoms with van der Waals surface area (Å²) >= 11 is 0. The van der Waals surface area contributed by atoms with Crippen LogP contribution in [0.2, 0.25) is 0 Å². The molecule has 0 spiro atoms. The molecule has 1 aliphatic carbocycles. The van der Waals surface area contributed by atoms with Crippen molar-refractivity contribution in [2.24, 2.45) is 5.92 Å². The fourth-order valence-corrected chi connectivity index (χ4v) is 5.65. The molecule has 174 valence electrons. The summed E-state index contributed by atoms with van der Waals surface area (Å²) in [6, 6.07) is 5.64. The molecule has 2 aromatic heterocycles. The molecule has 1 saturated carbocycles. The van der Waals surface area contributed by atoms with Crippen LogP contribution in [0.5, 0.6) is 0 Å². The fourth-order valence-electron chi connectivity index (χ4n) is 5.65. The van der Waals surface area contributed by atoms with Gasteiger partial charge >= 0.3 is 0 Å². The van der Waals surface area contributed by atoms with Crippen molar-refractivity contribution >= 4 is 17.6 Å². The average molecular weight is 448 g/mol. The molecule has 0 bridgehead atoms. The Morgan fingerprint density at radius 1 is 1.06 bits per heavy atom. The Labute approximate surface area is 195 Å². The van der Waals surface area contributed by atoms with E-state index in [2.05, 4.69) is 4.98 Å². The molecule has 0 aromatic carbocycles. The minimum Gasteiger partial charge on any atom is -0.332 e. The van der Waals surface area contributed by atoms with Crippen LogP contribution in [0, 0.1) is 12.8 Å². The number of rotatable bonds is 5. The van der Waals surface area contributed by atoms with Crippen LogP contribution >= 0.6 is 0 Å². The van der Waals surface area contributed by atoms with Crippen molar-refractivity contribution in [3.05, 3.63) is 47.2 Å². The van der Waals surface area contributed by atoms with Gasteiger partial charge in [-0.2, -0.15) is 0 Å². The van der Waals surface area contributed by atoms with Gasteiger partial charge in [-0.15, -0.1) is 0 Å². The van der Waals surface area contributed by atoms with Crippen LogP contribution in [-0.2, 0) is 22.6 Å². The number of piperidine rings is 1. The van der Waals surface area contributed by atoms with E-state index in [1.165, 1.54) is 25.7 Å². The summed E-state index contributed by atoms with van der Waals surface area (Å²) in [5.41, 5.74) is 2.79. The topological polar surface area (TPSA) is 79.3 Å². The summed E-state index contributed by atoms with van der Waals surface area (Å²) in [6.07, 6.45) is 11.3. The highest BCUT2D eigenvalue weighted by Crippen LogP contribution is 2.36. The lowest BCUT2D eigenvalue weighted by molar-refractivity contribution is -0.136. The van der Waals surface area contributed by atoms with E-state index in [9.17, 15) is 9.59 Å². The van der Waals surface area contributed by atoms with Crippen LogP contribution in [0.25, 0.3) is 0 Å². The first-order valence-electron chi connectivity index (χ1n) is 12.5. The molecule has 0 N–H and O–H groups in total. The Balaban J connectivity index is 1.45. The smallest absolute Gasteiger partial charge is 0.228 e. The molecule has 1 atom stereocenters. The standard InChI is InChI=1S/C26H33N5O2/c1-18-21-12-13-23(32)31(17-20-10-4-6-14-27-20)26(21)29-25(28-18)22-11-5-7-15-30(22)24(33)16-19-8-2-3-9-19/h4,6,10,14,19,22H,2-3,5,7-9,11-13,15-17H2,1H3/t22-/m1/s1. The first-order chi connectivity index (χ1) is 16.1. The summed E-state index contributed by atoms with van der Waals surface area (Å²) in [5.74, 6) is 2.22. The van der Waals surface area contributed by atoms with Gasteiger partial charge in [-0.1, -0.05) is 18.9 Å². The predicted molar refractivity (Wildman–Crippen MR) is 125 cm³/mol. The third kappa shape index (κ3) is 4.63. The number of aromatic nitrogens is 3. The number of aryl methyl sites for hydroxylation is 1. The maximum Gasteiger partial charge on any atom is 0.228 e. The minimum absolute atomic E-state index is 0.0648. The lowest BCUT2D eigenvalue weighted by atomic mass is 9.97. The van der Waals surface area contributed by atoms with Crippen molar-refractivity contribution in [2.45, 2.75) is 83.7 Å². The lowest BCUT2D eigenvalue weighted by Crippen LogP contribution is -2.41. The number of hydrogen-bond acceptors (Lipinski definition) is 5. The SMILES string of the molecule is Cc1nc([C@H]2CCCCN2C(=O)CC2CCCC2)nc2c1CCC(=O)N2Cc1ccccn1. The van der Waals surface area contributed by atoms with Gasteiger partial charge < -0.3 is 4.90 Å². The van der Waals surface area contributed by atoms with E-state index in [-0.39, 0.29) is 17.9 Å². The van der Waals surface area contributed by atoms with Crippen molar-refractivity contribution in [2.75, 3.05) is 11.4 Å². The Morgan fingerprint density at radius 3 is 2.67 bits per heavy atom. The van der Waals surface area contributed by atoms with Crippen molar-refractivity contribution in [3.8, 4) is 0 Å². The normalized spacial score (nSPS) is 21.4. The van der Waals surface area contributed by atoms with Gasteiger partial charge in [-0.25, -0.2) is 9.97 Å². The van der Waals surface area contributed by atoms with Gasteiger partial charge in [-0.05, 0) is 63.5 Å². The lowest BCUT2D eigenvalue weighted by Gasteiger charge is -2.37. The number of anilines is 1. The van der Waals surface area contributed by atoms with Crippen LogP contribution < -0.4 is 4.90 Å². The highest BCUT2D eigenvalue weighted by Gasteiger charge is 2.34. The molecule has 0 radical (unpaired) electrons. The largest absolute Gasteiger partial charge is 0.332 e. The second-order valence-corrected chi connectivity index (χ2v) is 9.72. The molecule has 1 saturated heterocycles. The van der Waals surface area contributed by atoms with Gasteiger partial charge in [0.1, 0.15) is 5.82 Å². The maximum absolute atomic E-state index is 13.3. The van der Waals surface area contributed by atoms with Crippen LogP contribution in [-0.4, -0.2) is 38.2 Å². The molecule has 4 heterocycles. The number of fused-ring (bicyclic) bond motifs is 1. The van der Waals surface area contributed by atoms with Gasteiger partial charge in [0.2, 0.25) is 11.8 Å². The van der Waals surface area contributed by atoms with E-state index in [1.54, 1.807) is 11.1 Å². The molecule has 33 heavy (non-hydrogen) atoms. The highest BCUT2D eigenvalue weighted by atomic mass is 16.2. The van der Waals surface area contributed by atoms with E-state index >= 15 is 0 Å². The van der Waals surface area contributed by atoms with Gasteiger partial charge in [0.25, 0.3) is 0 Å². The maximum atomic E-state index is 13.3. The van der Waals surface area contributed by atoms with Gasteiger partial charge in [0.05, 0.1) is 18.3 Å². The third-order valence-electron chi connectivity index (χ3n) is 7.46. The summed E-state index contributed by atoms with van der Waals surface area (Å²) in [4.78, 5) is 44.2. The van der Waals surface area contributed by atoms with Gasteiger partial charge in [-0.3, -0.25) is 19.5 Å². The molecular weight excluding hydrogens is 414 g/mol. The molecular formula is C26H33N5O2. The Hall–Kier alpha value is -2.83. The second-order valence-electron chi connectivity index (χ2n) is 9.72. The zero-order valence-electron chi connectivity index (χ0n) is 19.5. The molecule has 2 aromatic rings. The number of pyridine rings is 1. The van der Waals surface area contributed by atoms with Crippen LogP contribution in [0.1, 0.15) is 86.6 Å². The van der Waals surface area contributed by atoms with Gasteiger partial charge in [0, 0.05) is 36.8 Å². The zero-order valence-corrected chi connectivity index (χ0v) is 19.5. The molecule has 7 nitrogen and oxygen atoms in total. The number of carbonyl (C=O) groups excluding carboxylic acids is 2. The number of hydrogen-bond donors (Lipinski definition) is 0. The molecule has 7 heteroatoms. The van der Waals surface area contributed by atoms with E-state index in [4.69, 9.17) is 9.97 Å². The molecule has 2 amide bonds. The second kappa shape index (κ2) is 9.57. The van der Waals surface area contributed by atoms with E-state index in [0.717, 1.165) is 42.8 Å². The van der Waals surface area contributed by atoms with Crippen molar-refractivity contribution in [1.29, 1.82) is 0 Å². The first-order valence-corrected chi connectivity index (χ1v) is 12.5. The quantitative estimate of drug-likeness (QED) is 0.683. The molecule has 0 unspecified atom stereocenters. The first kappa shape index (κ1) is 22.0. The average Bonchev–Trinajstić information content (AvgIpc) is 3.34. The van der Waals surface area contributed by atoms with Crippen molar-refractivity contribution < 1.29 is 9.59 Å². The fraction of sp³-hybridized carbons (Fsp3) is 0.577. The highest BCUT2D eigenvalue weighted by molar-refractivity contribution is 5.95. The molecule has 2 fully saturated rings. The van der Waals surface area contributed by atoms with E-state index in [0.29, 0.717) is 43.4 Å². The number of carbonyl (C=O) groups is 2. The number of likely N-dealkylation sites (tertiary alicyclic amines) is 1. The summed E-state index contributed by atoms with van der Waals surface area (Å²) in [7, 11) is 0. The predicted octanol–water partition coefficient (Wildman–Crippen LogP) is 4.29. The van der Waals surface area contributed by atoms with Crippen molar-refractivity contribution in [1.82, 2.24) is 19.9 Å². The van der Waals surface area contributed by atoms with Crippen molar-refractivity contribution in [3.63, 3.8) is 0 Å². The summed E-state index contributed by atoms with van der Waals surface area (Å²) in [6.45, 7) is 3.18. The molecule has 2 aliphatic heterocycles. The number of amides is 2.